The first-order chi connectivity index (χ1) is 9.95. The topological polar surface area (TPSA) is 71.2 Å². The largest absolute Gasteiger partial charge is 0.398 e. The number of amides is 1. The van der Waals surface area contributed by atoms with Crippen molar-refractivity contribution in [2.75, 3.05) is 24.6 Å². The molecule has 2 aromatic rings. The zero-order chi connectivity index (χ0) is 15.4. The maximum atomic E-state index is 12.0. The minimum atomic E-state index is -0.0529. The Labute approximate surface area is 128 Å². The fourth-order valence-corrected chi connectivity index (χ4v) is 2.80. The van der Waals surface area contributed by atoms with Gasteiger partial charge < -0.3 is 11.1 Å². The maximum absolute atomic E-state index is 12.0. The normalized spacial score (nSPS) is 10.9. The van der Waals surface area contributed by atoms with Crippen LogP contribution < -0.4 is 11.1 Å². The lowest BCUT2D eigenvalue weighted by molar-refractivity contribution is -0.117. The van der Waals surface area contributed by atoms with E-state index < -0.39 is 0 Å². The molecular formula is C15H20N4OS. The molecule has 0 atom stereocenters. The molecule has 1 aromatic carbocycles. The van der Waals surface area contributed by atoms with E-state index in [1.165, 1.54) is 4.88 Å². The molecule has 0 saturated carbocycles. The summed E-state index contributed by atoms with van der Waals surface area (Å²) < 4.78 is 0. The molecule has 2 rings (SSSR count). The lowest BCUT2D eigenvalue weighted by atomic mass is 10.2. The zero-order valence-electron chi connectivity index (χ0n) is 12.5. The Kier molecular flexibility index (Phi) is 4.93. The number of thiazole rings is 1. The number of rotatable bonds is 5. The zero-order valence-corrected chi connectivity index (χ0v) is 13.3. The van der Waals surface area contributed by atoms with Gasteiger partial charge in [0.15, 0.2) is 0 Å². The summed E-state index contributed by atoms with van der Waals surface area (Å²) in [6.07, 6.45) is 0. The molecule has 0 unspecified atom stereocenters. The molecule has 0 aliphatic rings. The number of carbonyl (C=O) groups excluding carboxylic acids is 1. The second-order valence-electron chi connectivity index (χ2n) is 5.15. The second-order valence-corrected chi connectivity index (χ2v) is 6.09. The Morgan fingerprint density at radius 1 is 1.43 bits per heavy atom. The molecule has 21 heavy (non-hydrogen) atoms. The highest BCUT2D eigenvalue weighted by atomic mass is 32.1. The Bertz CT molecular complexity index is 638. The maximum Gasteiger partial charge on any atom is 0.238 e. The van der Waals surface area contributed by atoms with Crippen LogP contribution in [0.2, 0.25) is 0 Å². The van der Waals surface area contributed by atoms with Gasteiger partial charge in [-0.3, -0.25) is 9.69 Å². The van der Waals surface area contributed by atoms with Gasteiger partial charge in [-0.2, -0.15) is 0 Å². The van der Waals surface area contributed by atoms with Crippen molar-refractivity contribution in [3.8, 4) is 0 Å². The monoisotopic (exact) mass is 304 g/mol. The number of aryl methyl sites for hydroxylation is 2. The molecule has 6 heteroatoms. The summed E-state index contributed by atoms with van der Waals surface area (Å²) in [5, 5.41) is 2.86. The SMILES string of the molecule is Cc1ccc(NC(=O)CN(C)Cc2scnc2C)cc1N. The van der Waals surface area contributed by atoms with Crippen molar-refractivity contribution in [3.05, 3.63) is 39.8 Å². The van der Waals surface area contributed by atoms with E-state index in [1.807, 2.05) is 43.4 Å². The van der Waals surface area contributed by atoms with Crippen LogP contribution in [0.5, 0.6) is 0 Å². The Morgan fingerprint density at radius 2 is 2.19 bits per heavy atom. The predicted molar refractivity (Wildman–Crippen MR) is 87.4 cm³/mol. The average molecular weight is 304 g/mol. The summed E-state index contributed by atoms with van der Waals surface area (Å²) in [5.74, 6) is -0.0529. The molecule has 0 aliphatic carbocycles. The van der Waals surface area contributed by atoms with E-state index in [1.54, 1.807) is 17.4 Å². The van der Waals surface area contributed by atoms with Crippen LogP contribution in [0, 0.1) is 13.8 Å². The van der Waals surface area contributed by atoms with Crippen molar-refractivity contribution >= 4 is 28.6 Å². The van der Waals surface area contributed by atoms with Gasteiger partial charge in [0.1, 0.15) is 0 Å². The molecule has 0 saturated heterocycles. The van der Waals surface area contributed by atoms with Gasteiger partial charge in [-0.1, -0.05) is 6.07 Å². The number of aromatic nitrogens is 1. The molecule has 5 nitrogen and oxygen atoms in total. The van der Waals surface area contributed by atoms with Crippen LogP contribution in [-0.2, 0) is 11.3 Å². The number of nitrogens with two attached hydrogens (primary N) is 1. The Balaban J connectivity index is 1.89. The first-order valence-corrected chi connectivity index (χ1v) is 7.57. The standard InChI is InChI=1S/C15H20N4OS/c1-10-4-5-12(6-13(10)16)18-15(20)8-19(3)7-14-11(2)17-9-21-14/h4-6,9H,7-8,16H2,1-3H3,(H,18,20). The summed E-state index contributed by atoms with van der Waals surface area (Å²) in [7, 11) is 1.92. The minimum absolute atomic E-state index is 0.0529. The number of nitrogens with zero attached hydrogens (tertiary/aromatic N) is 2. The molecule has 0 radical (unpaired) electrons. The van der Waals surface area contributed by atoms with Gasteiger partial charge in [-0.15, -0.1) is 11.3 Å². The van der Waals surface area contributed by atoms with Crippen molar-refractivity contribution < 1.29 is 4.79 Å². The summed E-state index contributed by atoms with van der Waals surface area (Å²) in [4.78, 5) is 19.4. The van der Waals surface area contributed by atoms with E-state index in [0.29, 0.717) is 12.2 Å². The highest BCUT2D eigenvalue weighted by Gasteiger charge is 2.10. The number of nitrogen functional groups attached to an aromatic ring is 1. The van der Waals surface area contributed by atoms with Gasteiger partial charge in [-0.05, 0) is 38.6 Å². The summed E-state index contributed by atoms with van der Waals surface area (Å²) in [6, 6.07) is 5.53. The van der Waals surface area contributed by atoms with E-state index in [-0.39, 0.29) is 5.91 Å². The summed E-state index contributed by atoms with van der Waals surface area (Å²) in [6.45, 7) is 4.96. The fraction of sp³-hybridized carbons (Fsp3) is 0.333. The third-order valence-corrected chi connectivity index (χ3v) is 4.15. The Morgan fingerprint density at radius 3 is 2.81 bits per heavy atom. The molecular weight excluding hydrogens is 284 g/mol. The number of carbonyl (C=O) groups is 1. The van der Waals surface area contributed by atoms with Crippen LogP contribution in [0.3, 0.4) is 0 Å². The quantitative estimate of drug-likeness (QED) is 0.832. The van der Waals surface area contributed by atoms with E-state index in [0.717, 1.165) is 23.5 Å². The second kappa shape index (κ2) is 6.69. The predicted octanol–water partition coefficient (Wildman–Crippen LogP) is 2.41. The van der Waals surface area contributed by atoms with Gasteiger partial charge in [0, 0.05) is 22.8 Å². The Hall–Kier alpha value is -1.92. The molecule has 0 bridgehead atoms. The minimum Gasteiger partial charge on any atom is -0.398 e. The summed E-state index contributed by atoms with van der Waals surface area (Å²) in [5.41, 5.74) is 11.1. The molecule has 1 heterocycles. The van der Waals surface area contributed by atoms with Crippen LogP contribution >= 0.6 is 11.3 Å². The highest BCUT2D eigenvalue weighted by molar-refractivity contribution is 7.09. The van der Waals surface area contributed by atoms with Gasteiger partial charge in [-0.25, -0.2) is 4.98 Å². The third-order valence-electron chi connectivity index (χ3n) is 3.23. The molecule has 112 valence electrons. The first-order valence-electron chi connectivity index (χ1n) is 6.69. The molecule has 0 spiro atoms. The van der Waals surface area contributed by atoms with Crippen LogP contribution in [0.15, 0.2) is 23.7 Å². The molecule has 3 N–H and O–H groups in total. The van der Waals surface area contributed by atoms with Gasteiger partial charge in [0.05, 0.1) is 17.7 Å². The van der Waals surface area contributed by atoms with Crippen molar-refractivity contribution in [2.45, 2.75) is 20.4 Å². The van der Waals surface area contributed by atoms with Gasteiger partial charge >= 0.3 is 0 Å². The molecule has 0 fully saturated rings. The number of benzene rings is 1. The van der Waals surface area contributed by atoms with Crippen LogP contribution in [0.4, 0.5) is 11.4 Å². The lowest BCUT2D eigenvalue weighted by Gasteiger charge is -2.16. The van der Waals surface area contributed by atoms with Gasteiger partial charge in [0.2, 0.25) is 5.91 Å². The van der Waals surface area contributed by atoms with E-state index in [2.05, 4.69) is 10.3 Å². The number of likely N-dealkylation sites (N-methyl/N-ethyl adjacent to an activating group) is 1. The number of hydrogen-bond donors (Lipinski definition) is 2. The third kappa shape index (κ3) is 4.27. The smallest absolute Gasteiger partial charge is 0.238 e. The van der Waals surface area contributed by atoms with E-state index >= 15 is 0 Å². The van der Waals surface area contributed by atoms with Gasteiger partial charge in [0.25, 0.3) is 0 Å². The van der Waals surface area contributed by atoms with E-state index in [4.69, 9.17) is 5.73 Å². The number of hydrogen-bond acceptors (Lipinski definition) is 5. The van der Waals surface area contributed by atoms with Crippen LogP contribution in [-0.4, -0.2) is 29.4 Å². The van der Waals surface area contributed by atoms with Crippen molar-refractivity contribution in [2.24, 2.45) is 0 Å². The van der Waals surface area contributed by atoms with Crippen molar-refractivity contribution in [3.63, 3.8) is 0 Å². The number of nitrogens with one attached hydrogen (secondary N) is 1. The van der Waals surface area contributed by atoms with Crippen LogP contribution in [0.25, 0.3) is 0 Å². The molecule has 1 aromatic heterocycles. The van der Waals surface area contributed by atoms with Crippen LogP contribution in [0.1, 0.15) is 16.1 Å². The van der Waals surface area contributed by atoms with E-state index in [9.17, 15) is 4.79 Å². The van der Waals surface area contributed by atoms with Crippen molar-refractivity contribution in [1.82, 2.24) is 9.88 Å². The average Bonchev–Trinajstić information content (AvgIpc) is 2.79. The number of anilines is 2. The highest BCUT2D eigenvalue weighted by Crippen LogP contribution is 2.17. The first kappa shape index (κ1) is 15.5. The lowest BCUT2D eigenvalue weighted by Crippen LogP contribution is -2.29. The molecule has 1 amide bonds. The fourth-order valence-electron chi connectivity index (χ4n) is 1.94. The van der Waals surface area contributed by atoms with Crippen molar-refractivity contribution in [1.29, 1.82) is 0 Å². The summed E-state index contributed by atoms with van der Waals surface area (Å²) >= 11 is 1.61. The molecule has 0 aliphatic heterocycles.